The minimum Gasteiger partial charge on any atom is -0.478 e. The summed E-state index contributed by atoms with van der Waals surface area (Å²) in [6.45, 7) is 4.12. The smallest absolute Gasteiger partial charge is 0.334 e. The van der Waals surface area contributed by atoms with Crippen molar-refractivity contribution in [3.05, 3.63) is 77.5 Å². The second kappa shape index (κ2) is 10.2. The van der Waals surface area contributed by atoms with Crippen LogP contribution < -0.4 is 0 Å². The molecule has 0 saturated carbocycles. The number of aromatic nitrogens is 2. The fraction of sp³-hybridized carbons (Fsp3) is 0.286. The molecule has 1 amide bonds. The Kier molecular flexibility index (Phi) is 7.05. The van der Waals surface area contributed by atoms with Gasteiger partial charge in [-0.15, -0.1) is 0 Å². The number of pyridine rings is 1. The third-order valence-electron chi connectivity index (χ3n) is 6.92. The molecule has 1 atom stereocenters. The van der Waals surface area contributed by atoms with E-state index in [1.165, 1.54) is 11.0 Å². The number of piperidine rings is 1. The molecular weight excluding hydrogens is 458 g/mol. The van der Waals surface area contributed by atoms with Crippen LogP contribution in [0.3, 0.4) is 0 Å². The van der Waals surface area contributed by atoms with Crippen LogP contribution in [0.5, 0.6) is 0 Å². The Morgan fingerprint density at radius 1 is 1.08 bits per heavy atom. The lowest BCUT2D eigenvalue weighted by molar-refractivity contribution is -0.140. The second-order valence-electron chi connectivity index (χ2n) is 8.98. The number of hydrogen-bond acceptors (Lipinski definition) is 4. The van der Waals surface area contributed by atoms with Crippen molar-refractivity contribution in [1.82, 2.24) is 14.5 Å². The van der Waals surface area contributed by atoms with Gasteiger partial charge in [0.05, 0.1) is 16.6 Å². The zero-order valence-electron chi connectivity index (χ0n) is 20.3. The van der Waals surface area contributed by atoms with E-state index >= 15 is 0 Å². The topological polar surface area (TPSA) is 112 Å². The molecule has 8 heteroatoms. The van der Waals surface area contributed by atoms with Gasteiger partial charge < -0.3 is 15.1 Å². The second-order valence-corrected chi connectivity index (χ2v) is 8.98. The van der Waals surface area contributed by atoms with Gasteiger partial charge in [0.25, 0.3) is 0 Å². The minimum absolute atomic E-state index is 0.268. The summed E-state index contributed by atoms with van der Waals surface area (Å²) in [4.78, 5) is 38.7. The van der Waals surface area contributed by atoms with E-state index in [-0.39, 0.29) is 11.5 Å². The fourth-order valence-corrected chi connectivity index (χ4v) is 5.22. The van der Waals surface area contributed by atoms with Gasteiger partial charge >= 0.3 is 11.9 Å². The van der Waals surface area contributed by atoms with Gasteiger partial charge in [0.2, 0.25) is 5.91 Å². The molecule has 3 heterocycles. The SMILES string of the molecule is CCC1(/C(=C/C(=O)O)C(=O)O)CCCCN1C(=O)C=Cc1c(-c2ccccc2)nn2cccc(C)c12. The monoisotopic (exact) mass is 487 g/mol. The van der Waals surface area contributed by atoms with Crippen LogP contribution in [0.25, 0.3) is 22.9 Å². The number of carboxylic acid groups (broad SMARTS) is 2. The normalized spacial score (nSPS) is 18.6. The molecule has 4 rings (SSSR count). The maximum absolute atomic E-state index is 13.6. The maximum Gasteiger partial charge on any atom is 0.334 e. The third kappa shape index (κ3) is 4.54. The summed E-state index contributed by atoms with van der Waals surface area (Å²) < 4.78 is 1.79. The van der Waals surface area contributed by atoms with Crippen LogP contribution in [0.15, 0.2) is 66.4 Å². The van der Waals surface area contributed by atoms with Gasteiger partial charge in [0.15, 0.2) is 0 Å². The van der Waals surface area contributed by atoms with Crippen LogP contribution in [0.4, 0.5) is 0 Å². The van der Waals surface area contributed by atoms with Crippen LogP contribution in [-0.2, 0) is 14.4 Å². The molecule has 0 bridgehead atoms. The van der Waals surface area contributed by atoms with E-state index < -0.39 is 17.5 Å². The summed E-state index contributed by atoms with van der Waals surface area (Å²) in [5.74, 6) is -3.03. The van der Waals surface area contributed by atoms with Crippen molar-refractivity contribution >= 4 is 29.4 Å². The van der Waals surface area contributed by atoms with Crippen LogP contribution in [0.1, 0.15) is 43.7 Å². The van der Waals surface area contributed by atoms with E-state index in [2.05, 4.69) is 0 Å². The predicted octanol–water partition coefficient (Wildman–Crippen LogP) is 4.58. The van der Waals surface area contributed by atoms with E-state index in [4.69, 9.17) is 5.10 Å². The van der Waals surface area contributed by atoms with Crippen molar-refractivity contribution in [2.75, 3.05) is 6.54 Å². The Labute approximate surface area is 209 Å². The average molecular weight is 488 g/mol. The van der Waals surface area contributed by atoms with Crippen molar-refractivity contribution in [2.24, 2.45) is 0 Å². The summed E-state index contributed by atoms with van der Waals surface area (Å²) in [5, 5.41) is 23.9. The number of nitrogens with zero attached hydrogens (tertiary/aromatic N) is 3. The van der Waals surface area contributed by atoms with Crippen molar-refractivity contribution in [3.63, 3.8) is 0 Å². The van der Waals surface area contributed by atoms with Gasteiger partial charge in [-0.25, -0.2) is 14.1 Å². The van der Waals surface area contributed by atoms with Gasteiger partial charge in [0, 0.05) is 36.0 Å². The molecule has 186 valence electrons. The molecule has 2 N–H and O–H groups in total. The van der Waals surface area contributed by atoms with E-state index in [1.54, 1.807) is 17.5 Å². The molecule has 36 heavy (non-hydrogen) atoms. The van der Waals surface area contributed by atoms with Gasteiger partial charge in [-0.3, -0.25) is 4.79 Å². The summed E-state index contributed by atoms with van der Waals surface area (Å²) in [6, 6.07) is 13.6. The van der Waals surface area contributed by atoms with Crippen LogP contribution in [0.2, 0.25) is 0 Å². The summed E-state index contributed by atoms with van der Waals surface area (Å²) >= 11 is 0. The highest BCUT2D eigenvalue weighted by Gasteiger charge is 2.45. The molecule has 2 aromatic heterocycles. The standard InChI is InChI=1S/C28H29N3O5/c1-3-28(22(27(35)36)18-24(33)34)15-7-8-16-30(28)23(32)14-13-21-25(20-11-5-4-6-12-20)29-31-17-9-10-19(2)26(21)31/h4-6,9-14,17-18H,3,7-8,15-16H2,1-2H3,(H,33,34)(H,35,36)/b14-13?,22-18+. The summed E-state index contributed by atoms with van der Waals surface area (Å²) in [5.41, 5.74) is 2.83. The van der Waals surface area contributed by atoms with Gasteiger partial charge in [-0.05, 0) is 50.3 Å². The van der Waals surface area contributed by atoms with E-state index in [1.807, 2.05) is 55.6 Å². The van der Waals surface area contributed by atoms with E-state index in [9.17, 15) is 24.6 Å². The Hall–Kier alpha value is -4.20. The molecule has 0 spiro atoms. The number of fused-ring (bicyclic) bond motifs is 1. The predicted molar refractivity (Wildman–Crippen MR) is 136 cm³/mol. The molecular formula is C28H29N3O5. The molecule has 3 aromatic rings. The van der Waals surface area contributed by atoms with Crippen molar-refractivity contribution in [2.45, 2.75) is 45.1 Å². The molecule has 1 aromatic carbocycles. The molecule has 0 aliphatic carbocycles. The molecule has 1 aliphatic rings. The highest BCUT2D eigenvalue weighted by molar-refractivity contribution is 6.00. The number of hydrogen-bond donors (Lipinski definition) is 2. The lowest BCUT2D eigenvalue weighted by atomic mass is 9.77. The first-order valence-corrected chi connectivity index (χ1v) is 12.0. The number of carboxylic acids is 2. The Balaban J connectivity index is 1.79. The number of carbonyl (C=O) groups is 3. The number of aryl methyl sites for hydroxylation is 1. The molecule has 8 nitrogen and oxygen atoms in total. The number of aliphatic carboxylic acids is 2. The maximum atomic E-state index is 13.6. The van der Waals surface area contributed by atoms with Crippen LogP contribution in [-0.4, -0.2) is 54.7 Å². The zero-order chi connectivity index (χ0) is 25.9. The fourth-order valence-electron chi connectivity index (χ4n) is 5.22. The first-order valence-electron chi connectivity index (χ1n) is 12.0. The van der Waals surface area contributed by atoms with Crippen LogP contribution in [0, 0.1) is 6.92 Å². The van der Waals surface area contributed by atoms with Gasteiger partial charge in [-0.1, -0.05) is 43.3 Å². The van der Waals surface area contributed by atoms with E-state index in [0.29, 0.717) is 32.2 Å². The summed E-state index contributed by atoms with van der Waals surface area (Å²) in [6.07, 6.45) is 7.87. The van der Waals surface area contributed by atoms with Crippen molar-refractivity contribution in [1.29, 1.82) is 0 Å². The molecule has 1 aliphatic heterocycles. The van der Waals surface area contributed by atoms with Gasteiger partial charge in [-0.2, -0.15) is 5.10 Å². The first-order chi connectivity index (χ1) is 17.3. The number of amides is 1. The number of benzene rings is 1. The van der Waals surface area contributed by atoms with Crippen molar-refractivity contribution < 1.29 is 24.6 Å². The lowest BCUT2D eigenvalue weighted by Crippen LogP contribution is -2.56. The number of likely N-dealkylation sites (tertiary alicyclic amines) is 1. The highest BCUT2D eigenvalue weighted by Crippen LogP contribution is 2.38. The van der Waals surface area contributed by atoms with Gasteiger partial charge in [0.1, 0.15) is 5.69 Å². The minimum atomic E-state index is -1.34. The number of rotatable bonds is 7. The first kappa shape index (κ1) is 24.9. The third-order valence-corrected chi connectivity index (χ3v) is 6.92. The Morgan fingerprint density at radius 2 is 1.83 bits per heavy atom. The molecule has 0 radical (unpaired) electrons. The lowest BCUT2D eigenvalue weighted by Gasteiger charge is -2.47. The van der Waals surface area contributed by atoms with Crippen molar-refractivity contribution in [3.8, 4) is 11.3 Å². The summed E-state index contributed by atoms with van der Waals surface area (Å²) in [7, 11) is 0. The zero-order valence-corrected chi connectivity index (χ0v) is 20.3. The highest BCUT2D eigenvalue weighted by atomic mass is 16.4. The average Bonchev–Trinajstić information content (AvgIpc) is 3.26. The largest absolute Gasteiger partial charge is 0.478 e. The molecule has 1 unspecified atom stereocenters. The van der Waals surface area contributed by atoms with E-state index in [0.717, 1.165) is 34.0 Å². The van der Waals surface area contributed by atoms with Crippen LogP contribution >= 0.6 is 0 Å². The Morgan fingerprint density at radius 3 is 2.50 bits per heavy atom. The Bertz CT molecular complexity index is 1370. The molecule has 1 saturated heterocycles. The quantitative estimate of drug-likeness (QED) is 0.472. The molecule has 1 fully saturated rings. The number of carbonyl (C=O) groups excluding carboxylic acids is 1.